The van der Waals surface area contributed by atoms with Crippen molar-refractivity contribution in [2.75, 3.05) is 5.73 Å². The molecule has 1 aromatic rings. The number of nitrogen functional groups attached to an aromatic ring is 1. The molecule has 0 atom stereocenters. The Morgan fingerprint density at radius 3 is 1.81 bits per heavy atom. The van der Waals surface area contributed by atoms with Gasteiger partial charge in [-0.2, -0.15) is 0 Å². The topological polar surface area (TPSA) is 38.9 Å². The standard InChI is InChI=1S/C6H7N2.3C4H9.Sn/c1-5-2-3-8-4-6(5)7;3*1-3-4-2;/h2,4H,7H2,1H3;3*1,3-4H2,2H3;. The van der Waals surface area contributed by atoms with Crippen LogP contribution in [0.1, 0.15) is 64.9 Å². The Morgan fingerprint density at radius 1 is 0.952 bits per heavy atom. The summed E-state index contributed by atoms with van der Waals surface area (Å²) in [4.78, 5) is 4.84. The summed E-state index contributed by atoms with van der Waals surface area (Å²) in [6.07, 6.45) is 10.00. The van der Waals surface area contributed by atoms with E-state index in [4.69, 9.17) is 10.7 Å². The van der Waals surface area contributed by atoms with Crippen LogP contribution in [0.4, 0.5) is 5.69 Å². The molecule has 120 valence electrons. The van der Waals surface area contributed by atoms with Crippen LogP contribution in [-0.4, -0.2) is 23.4 Å². The number of pyridine rings is 1. The molecule has 0 bridgehead atoms. The van der Waals surface area contributed by atoms with Gasteiger partial charge in [0.15, 0.2) is 0 Å². The molecule has 2 nitrogen and oxygen atoms in total. The van der Waals surface area contributed by atoms with E-state index in [9.17, 15) is 0 Å². The first-order valence-electron chi connectivity index (χ1n) is 8.82. The fourth-order valence-corrected chi connectivity index (χ4v) is 18.8. The van der Waals surface area contributed by atoms with Gasteiger partial charge in [-0.15, -0.1) is 0 Å². The van der Waals surface area contributed by atoms with Gasteiger partial charge in [0.05, 0.1) is 0 Å². The zero-order valence-corrected chi connectivity index (χ0v) is 17.4. The maximum absolute atomic E-state index is 5.99. The molecule has 1 rings (SSSR count). The predicted molar refractivity (Wildman–Crippen MR) is 97.9 cm³/mol. The van der Waals surface area contributed by atoms with Crippen molar-refractivity contribution < 1.29 is 0 Å². The van der Waals surface area contributed by atoms with Gasteiger partial charge in [-0.05, 0) is 0 Å². The van der Waals surface area contributed by atoms with E-state index in [-0.39, 0.29) is 0 Å². The van der Waals surface area contributed by atoms with Gasteiger partial charge in [-0.25, -0.2) is 0 Å². The van der Waals surface area contributed by atoms with E-state index in [1.165, 1.54) is 61.1 Å². The fourth-order valence-electron chi connectivity index (χ4n) is 3.16. The second kappa shape index (κ2) is 9.70. The van der Waals surface area contributed by atoms with E-state index in [1.807, 2.05) is 6.20 Å². The number of unbranched alkanes of at least 4 members (excludes halogenated alkanes) is 3. The first-order valence-corrected chi connectivity index (χ1v) is 16.3. The first-order chi connectivity index (χ1) is 10.1. The molecule has 1 heterocycles. The number of hydrogen-bond donors (Lipinski definition) is 1. The summed E-state index contributed by atoms with van der Waals surface area (Å²) in [5.74, 6) is 0. The van der Waals surface area contributed by atoms with Crippen LogP contribution in [0.5, 0.6) is 0 Å². The Bertz CT molecular complexity index is 396. The van der Waals surface area contributed by atoms with E-state index >= 15 is 0 Å². The van der Waals surface area contributed by atoms with E-state index in [1.54, 1.807) is 0 Å². The molecule has 0 fully saturated rings. The monoisotopic (exact) mass is 398 g/mol. The quantitative estimate of drug-likeness (QED) is 0.563. The van der Waals surface area contributed by atoms with Crippen molar-refractivity contribution in [3.63, 3.8) is 0 Å². The average molecular weight is 397 g/mol. The first kappa shape index (κ1) is 18.8. The number of aryl methyl sites for hydroxylation is 1. The summed E-state index contributed by atoms with van der Waals surface area (Å²) in [5, 5.41) is 0. The molecular weight excluding hydrogens is 363 g/mol. The number of hydrogen-bond acceptors (Lipinski definition) is 2. The molecule has 3 heteroatoms. The molecule has 21 heavy (non-hydrogen) atoms. The van der Waals surface area contributed by atoms with Gasteiger partial charge < -0.3 is 0 Å². The van der Waals surface area contributed by atoms with Gasteiger partial charge >= 0.3 is 136 Å². The SMILES string of the molecule is CCC[CH2][Sn]([CH2]CCC)([CH2]CCC)[c]1cc(C)c(N)cn1. The van der Waals surface area contributed by atoms with Crippen LogP contribution in [0, 0.1) is 6.92 Å². The van der Waals surface area contributed by atoms with Crippen LogP contribution in [-0.2, 0) is 0 Å². The van der Waals surface area contributed by atoms with Crippen LogP contribution in [0.2, 0.25) is 13.3 Å². The van der Waals surface area contributed by atoms with Crippen molar-refractivity contribution in [1.82, 2.24) is 4.98 Å². The third kappa shape index (κ3) is 5.46. The summed E-state index contributed by atoms with van der Waals surface area (Å²) in [7, 11) is 0. The maximum atomic E-state index is 5.99. The van der Waals surface area contributed by atoms with Crippen LogP contribution in [0.25, 0.3) is 0 Å². The van der Waals surface area contributed by atoms with E-state index in [2.05, 4.69) is 33.8 Å². The Balaban J connectivity index is 3.12. The molecular formula is C18H34N2Sn. The van der Waals surface area contributed by atoms with Gasteiger partial charge in [0.25, 0.3) is 0 Å². The summed E-state index contributed by atoms with van der Waals surface area (Å²) in [5.41, 5.74) is 8.07. The second-order valence-electron chi connectivity index (χ2n) is 6.52. The Labute approximate surface area is 135 Å². The normalized spacial score (nSPS) is 11.8. The molecule has 0 unspecified atom stereocenters. The van der Waals surface area contributed by atoms with Crippen LogP contribution in [0.15, 0.2) is 12.3 Å². The van der Waals surface area contributed by atoms with Crippen molar-refractivity contribution >= 4 is 27.8 Å². The molecule has 0 saturated carbocycles. The van der Waals surface area contributed by atoms with Gasteiger partial charge in [0.1, 0.15) is 0 Å². The van der Waals surface area contributed by atoms with E-state index in [0.717, 1.165) is 5.69 Å². The van der Waals surface area contributed by atoms with Gasteiger partial charge in [-0.1, -0.05) is 0 Å². The van der Waals surface area contributed by atoms with Crippen LogP contribution in [0.3, 0.4) is 0 Å². The molecule has 1 aromatic heterocycles. The number of nitrogens with two attached hydrogens (primary N) is 1. The Morgan fingerprint density at radius 2 is 1.43 bits per heavy atom. The minimum atomic E-state index is -2.34. The molecule has 2 N–H and O–H groups in total. The third-order valence-corrected chi connectivity index (χ3v) is 19.8. The fraction of sp³-hybridized carbons (Fsp3) is 0.722. The van der Waals surface area contributed by atoms with Crippen molar-refractivity contribution in [3.8, 4) is 0 Å². The van der Waals surface area contributed by atoms with Crippen molar-refractivity contribution in [1.29, 1.82) is 0 Å². The van der Waals surface area contributed by atoms with Gasteiger partial charge in [0.2, 0.25) is 0 Å². The van der Waals surface area contributed by atoms with Crippen molar-refractivity contribution in [2.45, 2.75) is 79.5 Å². The molecule has 0 aliphatic heterocycles. The summed E-state index contributed by atoms with van der Waals surface area (Å²) in [6.45, 7) is 9.09. The van der Waals surface area contributed by atoms with Crippen LogP contribution < -0.4 is 9.44 Å². The average Bonchev–Trinajstić information content (AvgIpc) is 2.50. The van der Waals surface area contributed by atoms with Gasteiger partial charge in [0, 0.05) is 0 Å². The summed E-state index contributed by atoms with van der Waals surface area (Å²) < 4.78 is 5.91. The molecule has 0 aliphatic rings. The van der Waals surface area contributed by atoms with E-state index < -0.39 is 18.4 Å². The zero-order valence-electron chi connectivity index (χ0n) is 14.5. The minimum absolute atomic E-state index is 0.848. The second-order valence-corrected chi connectivity index (χ2v) is 19.6. The summed E-state index contributed by atoms with van der Waals surface area (Å²) in [6, 6.07) is 2.34. The molecule has 0 amide bonds. The third-order valence-electron chi connectivity index (χ3n) is 4.72. The van der Waals surface area contributed by atoms with Crippen molar-refractivity contribution in [2.24, 2.45) is 0 Å². The molecule has 0 saturated heterocycles. The molecule has 0 spiro atoms. The number of nitrogens with zero attached hydrogens (tertiary/aromatic N) is 1. The Kier molecular flexibility index (Phi) is 8.68. The van der Waals surface area contributed by atoms with Gasteiger partial charge in [-0.3, -0.25) is 0 Å². The zero-order chi connectivity index (χ0) is 15.7. The number of anilines is 1. The number of rotatable bonds is 10. The Hall–Kier alpha value is -0.251. The molecule has 0 aromatic carbocycles. The number of aromatic nitrogens is 1. The van der Waals surface area contributed by atoms with Crippen molar-refractivity contribution in [3.05, 3.63) is 17.8 Å². The molecule has 0 radical (unpaired) electrons. The predicted octanol–water partition coefficient (Wildman–Crippen LogP) is 5.03. The van der Waals surface area contributed by atoms with E-state index in [0.29, 0.717) is 0 Å². The van der Waals surface area contributed by atoms with Crippen LogP contribution >= 0.6 is 0 Å². The molecule has 0 aliphatic carbocycles. The summed E-state index contributed by atoms with van der Waals surface area (Å²) >= 11 is -2.34.